The molecule has 0 spiro atoms. The molecule has 0 saturated heterocycles. The van der Waals surface area contributed by atoms with Crippen LogP contribution in [0, 0.1) is 5.92 Å². The molecule has 12 heavy (non-hydrogen) atoms. The first-order valence-electron chi connectivity index (χ1n) is 4.61. The van der Waals surface area contributed by atoms with Gasteiger partial charge < -0.3 is 0 Å². The van der Waals surface area contributed by atoms with Gasteiger partial charge in [0.1, 0.15) is 5.52 Å². The molecule has 0 saturated carbocycles. The topological polar surface area (TPSA) is 17.1 Å². The molecule has 2 heteroatoms. The number of carbonyl (C=O) groups is 1. The summed E-state index contributed by atoms with van der Waals surface area (Å²) in [4.78, 5) is 10.5. The predicted molar refractivity (Wildman–Crippen MR) is 57.2 cm³/mol. The van der Waals surface area contributed by atoms with Crippen molar-refractivity contribution in [1.82, 2.24) is 0 Å². The van der Waals surface area contributed by atoms with E-state index in [2.05, 4.69) is 35.2 Å². The molecular weight excluding hydrogens is 167 g/mol. The minimum absolute atomic E-state index is 0.215. The van der Waals surface area contributed by atoms with Gasteiger partial charge in [0.15, 0.2) is 0 Å². The van der Waals surface area contributed by atoms with Crippen molar-refractivity contribution < 1.29 is 4.79 Å². The summed E-state index contributed by atoms with van der Waals surface area (Å²) in [5.74, 6) is 0.678. The van der Waals surface area contributed by atoms with Crippen molar-refractivity contribution in [1.29, 1.82) is 0 Å². The molecule has 0 amide bonds. The minimum Gasteiger partial charge on any atom is -0.295 e. The van der Waals surface area contributed by atoms with Crippen molar-refractivity contribution in [2.24, 2.45) is 5.92 Å². The lowest BCUT2D eigenvalue weighted by molar-refractivity contribution is -0.111. The first kappa shape index (κ1) is 11.8. The predicted octanol–water partition coefficient (Wildman–Crippen LogP) is 3.16. The van der Waals surface area contributed by atoms with Gasteiger partial charge >= 0.3 is 0 Å². The number of hydrogen-bond donors (Lipinski definition) is 0. The van der Waals surface area contributed by atoms with Crippen molar-refractivity contribution in [2.45, 2.75) is 39.5 Å². The van der Waals surface area contributed by atoms with Gasteiger partial charge in [-0.05, 0) is 18.8 Å². The molecule has 0 aliphatic rings. The fraction of sp³-hybridized carbons (Fsp3) is 0.700. The molecule has 0 aromatic heterocycles. The number of allylic oxidation sites excluding steroid dienone is 2. The maximum absolute atomic E-state index is 10.5. The van der Waals surface area contributed by atoms with E-state index < -0.39 is 0 Å². The highest BCUT2D eigenvalue weighted by molar-refractivity contribution is 7.40. The van der Waals surface area contributed by atoms with Gasteiger partial charge in [-0.25, -0.2) is 0 Å². The van der Waals surface area contributed by atoms with E-state index in [-0.39, 0.29) is 5.52 Å². The third-order valence-electron chi connectivity index (χ3n) is 1.90. The smallest absolute Gasteiger partial charge is 0.148 e. The molecule has 1 nitrogen and oxygen atoms in total. The Kier molecular flexibility index (Phi) is 7.39. The average molecular weight is 186 g/mol. The summed E-state index contributed by atoms with van der Waals surface area (Å²) in [6, 6.07) is 0. The van der Waals surface area contributed by atoms with E-state index in [4.69, 9.17) is 0 Å². The lowest BCUT2D eigenvalue weighted by Gasteiger charge is -1.98. The Bertz CT molecular complexity index is 152. The van der Waals surface area contributed by atoms with Crippen LogP contribution in [-0.2, 0) is 4.79 Å². The van der Waals surface area contributed by atoms with Crippen molar-refractivity contribution >= 4 is 14.8 Å². The number of rotatable bonds is 6. The highest BCUT2D eigenvalue weighted by Crippen LogP contribution is 2.06. The normalized spacial score (nSPS) is 13.6. The molecule has 0 rings (SSSR count). The summed E-state index contributed by atoms with van der Waals surface area (Å²) >= 11 is 0. The van der Waals surface area contributed by atoms with Crippen LogP contribution in [0.3, 0.4) is 0 Å². The Morgan fingerprint density at radius 2 is 2.25 bits per heavy atom. The van der Waals surface area contributed by atoms with Crippen LogP contribution in [0.15, 0.2) is 12.2 Å². The fourth-order valence-electron chi connectivity index (χ4n) is 0.859. The standard InChI is InChI=1S/C10H19OP/c1-3-9(2)7-5-4-6-8-10(11)12/h5,7,9H,3-4,6,8,12H2,1-2H3/b7-5-. The van der Waals surface area contributed by atoms with Crippen LogP contribution in [-0.4, -0.2) is 5.52 Å². The SMILES string of the molecule is CCC(C)/C=C\CCCC(=O)P. The van der Waals surface area contributed by atoms with Gasteiger partial charge in [-0.3, -0.25) is 4.79 Å². The monoisotopic (exact) mass is 186 g/mol. The first-order valence-corrected chi connectivity index (χ1v) is 5.19. The molecule has 0 aromatic rings. The molecule has 0 N–H and O–H groups in total. The van der Waals surface area contributed by atoms with Gasteiger partial charge in [-0.2, -0.15) is 0 Å². The van der Waals surface area contributed by atoms with Gasteiger partial charge in [0.05, 0.1) is 0 Å². The van der Waals surface area contributed by atoms with E-state index >= 15 is 0 Å². The van der Waals surface area contributed by atoms with Crippen LogP contribution in [0.4, 0.5) is 0 Å². The molecule has 0 fully saturated rings. The summed E-state index contributed by atoms with van der Waals surface area (Å²) in [6.07, 6.45) is 8.31. The summed E-state index contributed by atoms with van der Waals surface area (Å²) in [6.45, 7) is 4.39. The maximum atomic E-state index is 10.5. The number of hydrogen-bond acceptors (Lipinski definition) is 1. The summed E-state index contributed by atoms with van der Waals surface area (Å²) in [5, 5.41) is 0. The fourth-order valence-corrected chi connectivity index (χ4v) is 1.06. The van der Waals surface area contributed by atoms with E-state index in [1.165, 1.54) is 6.42 Å². The largest absolute Gasteiger partial charge is 0.295 e. The van der Waals surface area contributed by atoms with E-state index in [1.54, 1.807) is 0 Å². The lowest BCUT2D eigenvalue weighted by atomic mass is 10.1. The number of carbonyl (C=O) groups excluding carboxylic acids is 1. The number of unbranched alkanes of at least 4 members (excludes halogenated alkanes) is 1. The summed E-state index contributed by atoms with van der Waals surface area (Å²) in [7, 11) is 2.21. The maximum Gasteiger partial charge on any atom is 0.148 e. The summed E-state index contributed by atoms with van der Waals surface area (Å²) in [5.41, 5.74) is 0.215. The molecule has 2 atom stereocenters. The highest BCUT2D eigenvalue weighted by atomic mass is 31.0. The molecule has 0 aliphatic carbocycles. The van der Waals surface area contributed by atoms with Crippen LogP contribution in [0.2, 0.25) is 0 Å². The van der Waals surface area contributed by atoms with Crippen LogP contribution >= 0.6 is 9.24 Å². The summed E-state index contributed by atoms with van der Waals surface area (Å²) < 4.78 is 0. The van der Waals surface area contributed by atoms with Gasteiger partial charge in [0.25, 0.3) is 0 Å². The lowest BCUT2D eigenvalue weighted by Crippen LogP contribution is -1.86. The molecule has 0 radical (unpaired) electrons. The minimum atomic E-state index is 0.215. The molecule has 0 heterocycles. The van der Waals surface area contributed by atoms with Crippen LogP contribution in [0.1, 0.15) is 39.5 Å². The quantitative estimate of drug-likeness (QED) is 0.354. The zero-order valence-electron chi connectivity index (χ0n) is 8.05. The zero-order chi connectivity index (χ0) is 9.40. The molecule has 0 bridgehead atoms. The van der Waals surface area contributed by atoms with Gasteiger partial charge in [-0.15, -0.1) is 0 Å². The Morgan fingerprint density at radius 1 is 1.58 bits per heavy atom. The molecule has 0 aromatic carbocycles. The zero-order valence-corrected chi connectivity index (χ0v) is 9.20. The van der Waals surface area contributed by atoms with Crippen molar-refractivity contribution in [2.75, 3.05) is 0 Å². The van der Waals surface area contributed by atoms with E-state index in [1.807, 2.05) is 0 Å². The van der Waals surface area contributed by atoms with Crippen molar-refractivity contribution in [3.8, 4) is 0 Å². The highest BCUT2D eigenvalue weighted by Gasteiger charge is 1.92. The Hall–Kier alpha value is -0.160. The van der Waals surface area contributed by atoms with Gasteiger partial charge in [0, 0.05) is 6.42 Å². The van der Waals surface area contributed by atoms with E-state index in [0.717, 1.165) is 12.8 Å². The van der Waals surface area contributed by atoms with Crippen molar-refractivity contribution in [3.63, 3.8) is 0 Å². The molecule has 0 aliphatic heterocycles. The Balaban J connectivity index is 3.30. The first-order chi connectivity index (χ1) is 5.66. The van der Waals surface area contributed by atoms with E-state index in [0.29, 0.717) is 12.3 Å². The van der Waals surface area contributed by atoms with Gasteiger partial charge in [0.2, 0.25) is 0 Å². The second-order valence-corrected chi connectivity index (χ2v) is 3.82. The third-order valence-corrected chi connectivity index (χ3v) is 2.19. The van der Waals surface area contributed by atoms with Crippen molar-refractivity contribution in [3.05, 3.63) is 12.2 Å². The third kappa shape index (κ3) is 7.94. The van der Waals surface area contributed by atoms with Crippen LogP contribution < -0.4 is 0 Å². The molecule has 70 valence electrons. The molecular formula is C10H19OP. The Labute approximate surface area is 77.8 Å². The second-order valence-electron chi connectivity index (χ2n) is 3.17. The second kappa shape index (κ2) is 7.49. The van der Waals surface area contributed by atoms with Crippen LogP contribution in [0.25, 0.3) is 0 Å². The van der Waals surface area contributed by atoms with Gasteiger partial charge in [-0.1, -0.05) is 41.7 Å². The van der Waals surface area contributed by atoms with E-state index in [9.17, 15) is 4.79 Å². The van der Waals surface area contributed by atoms with Crippen LogP contribution in [0.5, 0.6) is 0 Å². The molecule has 2 unspecified atom stereocenters. The average Bonchev–Trinajstić information content (AvgIpc) is 2.03. The Morgan fingerprint density at radius 3 is 2.75 bits per heavy atom.